The maximum Gasteiger partial charge on any atom is 0.262 e. The minimum absolute atomic E-state index is 0.111. The van der Waals surface area contributed by atoms with E-state index in [0.717, 1.165) is 36.3 Å². The number of ether oxygens (including phenoxy) is 1. The van der Waals surface area contributed by atoms with Crippen LogP contribution in [0.25, 0.3) is 10.1 Å². The average Bonchev–Trinajstić information content (AvgIpc) is 2.91. The van der Waals surface area contributed by atoms with Gasteiger partial charge in [0.15, 0.2) is 0 Å². The number of rotatable bonds is 4. The van der Waals surface area contributed by atoms with Gasteiger partial charge < -0.3 is 10.1 Å². The van der Waals surface area contributed by atoms with Crippen LogP contribution in [0.15, 0.2) is 18.2 Å². The SMILES string of the molecule is COCc1c(C(=O)NC2(C)CCC(C)CC2)sc2cccc(F)c12. The number of carbonyl (C=O) groups excluding carboxylic acids is 1. The summed E-state index contributed by atoms with van der Waals surface area (Å²) in [6.45, 7) is 4.60. The van der Waals surface area contributed by atoms with Crippen LogP contribution in [-0.2, 0) is 11.3 Å². The molecule has 1 aromatic heterocycles. The van der Waals surface area contributed by atoms with Crippen molar-refractivity contribution in [3.63, 3.8) is 0 Å². The molecular weight excluding hydrogens is 325 g/mol. The molecule has 130 valence electrons. The Bertz CT molecular complexity index is 747. The summed E-state index contributed by atoms with van der Waals surface area (Å²) in [5.41, 5.74) is 0.476. The molecule has 1 N–H and O–H groups in total. The van der Waals surface area contributed by atoms with Gasteiger partial charge >= 0.3 is 0 Å². The van der Waals surface area contributed by atoms with Crippen molar-refractivity contribution in [3.8, 4) is 0 Å². The number of nitrogens with one attached hydrogen (secondary N) is 1. The quantitative estimate of drug-likeness (QED) is 0.854. The molecule has 0 atom stereocenters. The molecular formula is C19H24FNO2S. The lowest BCUT2D eigenvalue weighted by molar-refractivity contribution is 0.0870. The van der Waals surface area contributed by atoms with Crippen LogP contribution < -0.4 is 5.32 Å². The minimum atomic E-state index is -0.299. The van der Waals surface area contributed by atoms with Gasteiger partial charge in [-0.2, -0.15) is 0 Å². The zero-order valence-electron chi connectivity index (χ0n) is 14.4. The fraction of sp³-hybridized carbons (Fsp3) is 0.526. The second-order valence-corrected chi connectivity index (χ2v) is 8.21. The molecule has 0 spiro atoms. The summed E-state index contributed by atoms with van der Waals surface area (Å²) in [6, 6.07) is 4.96. The minimum Gasteiger partial charge on any atom is -0.380 e. The third-order valence-electron chi connectivity index (χ3n) is 5.05. The molecule has 3 nitrogen and oxygen atoms in total. The van der Waals surface area contributed by atoms with Gasteiger partial charge in [0.2, 0.25) is 0 Å². The Balaban J connectivity index is 1.92. The van der Waals surface area contributed by atoms with Crippen molar-refractivity contribution in [1.29, 1.82) is 0 Å². The van der Waals surface area contributed by atoms with E-state index in [0.29, 0.717) is 15.8 Å². The van der Waals surface area contributed by atoms with Crippen LogP contribution in [0.1, 0.15) is 54.8 Å². The number of halogens is 1. The van der Waals surface area contributed by atoms with Crippen molar-refractivity contribution >= 4 is 27.3 Å². The Labute approximate surface area is 146 Å². The van der Waals surface area contributed by atoms with Crippen LogP contribution in [0.3, 0.4) is 0 Å². The van der Waals surface area contributed by atoms with Crippen LogP contribution in [0.5, 0.6) is 0 Å². The van der Waals surface area contributed by atoms with E-state index in [1.807, 2.05) is 6.07 Å². The molecule has 1 fully saturated rings. The van der Waals surface area contributed by atoms with E-state index in [2.05, 4.69) is 19.2 Å². The number of fused-ring (bicyclic) bond motifs is 1. The summed E-state index contributed by atoms with van der Waals surface area (Å²) in [5, 5.41) is 3.72. The van der Waals surface area contributed by atoms with Gasteiger partial charge in [0.25, 0.3) is 5.91 Å². The lowest BCUT2D eigenvalue weighted by atomic mass is 9.78. The van der Waals surface area contributed by atoms with Crippen molar-refractivity contribution in [3.05, 3.63) is 34.5 Å². The van der Waals surface area contributed by atoms with Gasteiger partial charge in [-0.15, -0.1) is 11.3 Å². The highest BCUT2D eigenvalue weighted by molar-refractivity contribution is 7.21. The van der Waals surface area contributed by atoms with Gasteiger partial charge in [-0.25, -0.2) is 4.39 Å². The highest BCUT2D eigenvalue weighted by atomic mass is 32.1. The van der Waals surface area contributed by atoms with Crippen LogP contribution in [0.4, 0.5) is 4.39 Å². The molecule has 0 aliphatic heterocycles. The number of methoxy groups -OCH3 is 1. The van der Waals surface area contributed by atoms with E-state index in [-0.39, 0.29) is 23.9 Å². The first-order valence-corrected chi connectivity index (χ1v) is 9.26. The van der Waals surface area contributed by atoms with Crippen molar-refractivity contribution in [2.45, 2.75) is 51.7 Å². The molecule has 0 bridgehead atoms. The number of hydrogen-bond acceptors (Lipinski definition) is 3. The van der Waals surface area contributed by atoms with Crippen molar-refractivity contribution in [2.75, 3.05) is 7.11 Å². The second-order valence-electron chi connectivity index (χ2n) is 7.15. The molecule has 1 heterocycles. The third-order valence-corrected chi connectivity index (χ3v) is 6.25. The van der Waals surface area contributed by atoms with Gasteiger partial charge in [-0.1, -0.05) is 13.0 Å². The summed E-state index contributed by atoms with van der Waals surface area (Å²) < 4.78 is 20.3. The molecule has 1 saturated carbocycles. The Kier molecular flexibility index (Phi) is 4.92. The van der Waals surface area contributed by atoms with E-state index in [1.165, 1.54) is 17.4 Å². The number of benzene rings is 1. The van der Waals surface area contributed by atoms with Crippen LogP contribution >= 0.6 is 11.3 Å². The first-order valence-electron chi connectivity index (χ1n) is 8.45. The largest absolute Gasteiger partial charge is 0.380 e. The Morgan fingerprint density at radius 1 is 1.42 bits per heavy atom. The maximum absolute atomic E-state index is 14.2. The molecule has 1 aliphatic rings. The van der Waals surface area contributed by atoms with E-state index >= 15 is 0 Å². The third kappa shape index (κ3) is 3.33. The summed E-state index contributed by atoms with van der Waals surface area (Å²) >= 11 is 1.34. The van der Waals surface area contributed by atoms with E-state index < -0.39 is 0 Å². The maximum atomic E-state index is 14.2. The van der Waals surface area contributed by atoms with Crippen molar-refractivity contribution in [2.24, 2.45) is 5.92 Å². The molecule has 2 aromatic rings. The topological polar surface area (TPSA) is 38.3 Å². The summed E-state index contributed by atoms with van der Waals surface area (Å²) in [6.07, 6.45) is 4.23. The molecule has 0 saturated heterocycles. The summed E-state index contributed by atoms with van der Waals surface area (Å²) in [5.74, 6) is 0.310. The van der Waals surface area contributed by atoms with Gasteiger partial charge in [0.05, 0.1) is 11.5 Å². The number of carbonyl (C=O) groups is 1. The summed E-state index contributed by atoms with van der Waals surface area (Å²) in [4.78, 5) is 13.5. The smallest absolute Gasteiger partial charge is 0.262 e. The Morgan fingerprint density at radius 3 is 2.79 bits per heavy atom. The van der Waals surface area contributed by atoms with Crippen LogP contribution in [0, 0.1) is 11.7 Å². The van der Waals surface area contributed by atoms with E-state index in [1.54, 1.807) is 13.2 Å². The monoisotopic (exact) mass is 349 g/mol. The fourth-order valence-electron chi connectivity index (χ4n) is 3.49. The lowest BCUT2D eigenvalue weighted by Gasteiger charge is -2.37. The number of thiophene rings is 1. The van der Waals surface area contributed by atoms with Gasteiger partial charge in [0.1, 0.15) is 5.82 Å². The first-order chi connectivity index (χ1) is 11.4. The molecule has 1 aromatic carbocycles. The lowest BCUT2D eigenvalue weighted by Crippen LogP contribution is -2.48. The average molecular weight is 349 g/mol. The molecule has 0 radical (unpaired) electrons. The van der Waals surface area contributed by atoms with Gasteiger partial charge in [-0.3, -0.25) is 4.79 Å². The Hall–Kier alpha value is -1.46. The molecule has 3 rings (SSSR count). The predicted molar refractivity (Wildman–Crippen MR) is 96.0 cm³/mol. The molecule has 24 heavy (non-hydrogen) atoms. The first kappa shape index (κ1) is 17.4. The predicted octanol–water partition coefficient (Wildman–Crippen LogP) is 4.89. The highest BCUT2D eigenvalue weighted by Gasteiger charge is 2.32. The number of amides is 1. The zero-order valence-corrected chi connectivity index (χ0v) is 15.3. The van der Waals surface area contributed by atoms with Crippen molar-refractivity contribution < 1.29 is 13.9 Å². The highest BCUT2D eigenvalue weighted by Crippen LogP contribution is 2.36. The molecule has 5 heteroatoms. The normalized spacial score (nSPS) is 24.2. The van der Waals surface area contributed by atoms with Crippen LogP contribution in [-0.4, -0.2) is 18.6 Å². The van der Waals surface area contributed by atoms with Crippen molar-refractivity contribution in [1.82, 2.24) is 5.32 Å². The zero-order chi connectivity index (χ0) is 17.3. The Morgan fingerprint density at radius 2 is 2.12 bits per heavy atom. The van der Waals surface area contributed by atoms with E-state index in [9.17, 15) is 9.18 Å². The standard InChI is InChI=1S/C19H24FNO2S/c1-12-7-9-19(2,10-8-12)21-18(22)17-13(11-23-3)16-14(20)5-4-6-15(16)24-17/h4-6,12H,7-11H2,1-3H3,(H,21,22). The molecule has 1 aliphatic carbocycles. The van der Waals surface area contributed by atoms with Gasteiger partial charge in [0, 0.05) is 28.3 Å². The van der Waals surface area contributed by atoms with Crippen LogP contribution in [0.2, 0.25) is 0 Å². The molecule has 1 amide bonds. The van der Waals surface area contributed by atoms with Gasteiger partial charge in [-0.05, 0) is 50.7 Å². The summed E-state index contributed by atoms with van der Waals surface area (Å²) in [7, 11) is 1.57. The molecule has 0 unspecified atom stereocenters. The van der Waals surface area contributed by atoms with E-state index in [4.69, 9.17) is 4.74 Å². The fourth-order valence-corrected chi connectivity index (χ4v) is 4.61. The number of hydrogen-bond donors (Lipinski definition) is 1. The second kappa shape index (κ2) is 6.81.